The number of benzene rings is 3. The Kier molecular flexibility index (Phi) is 5.27. The molecule has 3 aromatic carbocycles. The highest BCUT2D eigenvalue weighted by Gasteiger charge is 2.22. The minimum Gasteiger partial charge on any atom is -0.325 e. The minimum atomic E-state index is -3.82. The molecule has 0 aliphatic carbocycles. The summed E-state index contributed by atoms with van der Waals surface area (Å²) < 4.78 is 27.1. The number of anilines is 1. The molecule has 1 atom stereocenters. The predicted molar refractivity (Wildman–Crippen MR) is 104 cm³/mol. The summed E-state index contributed by atoms with van der Waals surface area (Å²) in [5.74, 6) is -0.446. The van der Waals surface area contributed by atoms with Gasteiger partial charge in [0.25, 0.3) is 0 Å². The monoisotopic (exact) mass is 388 g/mol. The number of hydrogen-bond donors (Lipinski definition) is 2. The molecule has 0 fully saturated rings. The van der Waals surface area contributed by atoms with Gasteiger partial charge in [-0.3, -0.25) is 4.79 Å². The first-order valence-corrected chi connectivity index (χ1v) is 9.79. The molecule has 3 rings (SSSR count). The standard InChI is InChI=1S/C19H17ClN2O3S/c1-13(22-26(24,25)18-10-7-16(20)8-11-18)19(23)21-17-9-6-14-4-2-3-5-15(14)12-17/h2-13,22H,1H3,(H,21,23)/t13-/m1/s1. The van der Waals surface area contributed by atoms with E-state index in [4.69, 9.17) is 11.6 Å². The first-order valence-electron chi connectivity index (χ1n) is 7.93. The lowest BCUT2D eigenvalue weighted by molar-refractivity contribution is -0.117. The van der Waals surface area contributed by atoms with E-state index in [2.05, 4.69) is 10.0 Å². The van der Waals surface area contributed by atoms with Gasteiger partial charge in [-0.25, -0.2) is 8.42 Å². The molecule has 3 aromatic rings. The van der Waals surface area contributed by atoms with Crippen LogP contribution >= 0.6 is 11.6 Å². The van der Waals surface area contributed by atoms with Crippen LogP contribution in [-0.2, 0) is 14.8 Å². The number of sulfonamides is 1. The van der Waals surface area contributed by atoms with Crippen molar-refractivity contribution in [3.63, 3.8) is 0 Å². The average molecular weight is 389 g/mol. The summed E-state index contributed by atoms with van der Waals surface area (Å²) >= 11 is 5.77. The van der Waals surface area contributed by atoms with E-state index in [9.17, 15) is 13.2 Å². The summed E-state index contributed by atoms with van der Waals surface area (Å²) in [7, 11) is -3.82. The van der Waals surface area contributed by atoms with Crippen molar-refractivity contribution in [1.29, 1.82) is 0 Å². The zero-order valence-electron chi connectivity index (χ0n) is 13.9. The Morgan fingerprint density at radius 3 is 2.31 bits per heavy atom. The third-order valence-electron chi connectivity index (χ3n) is 3.87. The lowest BCUT2D eigenvalue weighted by atomic mass is 10.1. The van der Waals surface area contributed by atoms with Crippen LogP contribution in [0.1, 0.15) is 6.92 Å². The number of fused-ring (bicyclic) bond motifs is 1. The van der Waals surface area contributed by atoms with Crippen LogP contribution in [0.25, 0.3) is 10.8 Å². The second-order valence-corrected chi connectivity index (χ2v) is 8.00. The van der Waals surface area contributed by atoms with Crippen LogP contribution in [-0.4, -0.2) is 20.4 Å². The molecule has 0 saturated carbocycles. The van der Waals surface area contributed by atoms with E-state index in [1.54, 1.807) is 6.07 Å². The van der Waals surface area contributed by atoms with Gasteiger partial charge in [-0.2, -0.15) is 4.72 Å². The zero-order chi connectivity index (χ0) is 18.7. The zero-order valence-corrected chi connectivity index (χ0v) is 15.5. The lowest BCUT2D eigenvalue weighted by Crippen LogP contribution is -2.41. The molecule has 0 aliphatic heterocycles. The van der Waals surface area contributed by atoms with Crippen molar-refractivity contribution >= 4 is 44.0 Å². The van der Waals surface area contributed by atoms with Gasteiger partial charge in [0.05, 0.1) is 10.9 Å². The molecule has 1 amide bonds. The molecule has 0 spiro atoms. The fourth-order valence-electron chi connectivity index (χ4n) is 2.49. The molecule has 0 bridgehead atoms. The Bertz CT molecular complexity index is 1050. The molecule has 26 heavy (non-hydrogen) atoms. The molecule has 0 saturated heterocycles. The predicted octanol–water partition coefficient (Wildman–Crippen LogP) is 3.80. The van der Waals surface area contributed by atoms with Crippen LogP contribution in [0, 0.1) is 0 Å². The Balaban J connectivity index is 1.71. The number of hydrogen-bond acceptors (Lipinski definition) is 3. The summed E-state index contributed by atoms with van der Waals surface area (Å²) in [6, 6.07) is 18.1. The topological polar surface area (TPSA) is 75.3 Å². The first kappa shape index (κ1) is 18.4. The molecular weight excluding hydrogens is 372 g/mol. The third-order valence-corrected chi connectivity index (χ3v) is 5.67. The van der Waals surface area contributed by atoms with Crippen LogP contribution in [0.4, 0.5) is 5.69 Å². The number of halogens is 1. The molecule has 0 unspecified atom stereocenters. The highest BCUT2D eigenvalue weighted by Crippen LogP contribution is 2.19. The molecule has 134 valence electrons. The van der Waals surface area contributed by atoms with Crippen LogP contribution < -0.4 is 10.0 Å². The second kappa shape index (κ2) is 7.45. The van der Waals surface area contributed by atoms with E-state index in [0.29, 0.717) is 10.7 Å². The molecule has 5 nitrogen and oxygen atoms in total. The fraction of sp³-hybridized carbons (Fsp3) is 0.105. The van der Waals surface area contributed by atoms with Gasteiger partial charge in [-0.05, 0) is 54.1 Å². The molecule has 0 aliphatic rings. The van der Waals surface area contributed by atoms with Crippen molar-refractivity contribution < 1.29 is 13.2 Å². The van der Waals surface area contributed by atoms with Crippen LogP contribution in [0.15, 0.2) is 71.6 Å². The van der Waals surface area contributed by atoms with E-state index in [0.717, 1.165) is 10.8 Å². The maximum atomic E-state index is 12.4. The Labute approximate surface area is 157 Å². The molecule has 2 N–H and O–H groups in total. The van der Waals surface area contributed by atoms with Gasteiger partial charge < -0.3 is 5.32 Å². The Hall–Kier alpha value is -2.41. The number of carbonyl (C=O) groups is 1. The van der Waals surface area contributed by atoms with Crippen molar-refractivity contribution in [2.45, 2.75) is 17.9 Å². The summed E-state index contributed by atoms with van der Waals surface area (Å²) in [6.45, 7) is 1.49. The van der Waals surface area contributed by atoms with Gasteiger partial charge in [-0.15, -0.1) is 0 Å². The summed E-state index contributed by atoms with van der Waals surface area (Å²) in [5, 5.41) is 5.21. The van der Waals surface area contributed by atoms with Gasteiger partial charge in [0, 0.05) is 10.7 Å². The molecule has 0 heterocycles. The first-order chi connectivity index (χ1) is 12.3. The third kappa shape index (κ3) is 4.22. The van der Waals surface area contributed by atoms with E-state index in [-0.39, 0.29) is 4.90 Å². The normalized spacial score (nSPS) is 12.7. The maximum absolute atomic E-state index is 12.4. The van der Waals surface area contributed by atoms with Crippen molar-refractivity contribution in [2.75, 3.05) is 5.32 Å². The summed E-state index contributed by atoms with van der Waals surface area (Å²) in [5.41, 5.74) is 0.603. The number of amides is 1. The highest BCUT2D eigenvalue weighted by molar-refractivity contribution is 7.89. The smallest absolute Gasteiger partial charge is 0.242 e. The van der Waals surface area contributed by atoms with Crippen LogP contribution in [0.3, 0.4) is 0 Å². The minimum absolute atomic E-state index is 0.0484. The number of carbonyl (C=O) groups excluding carboxylic acids is 1. The molecule has 7 heteroatoms. The quantitative estimate of drug-likeness (QED) is 0.698. The van der Waals surface area contributed by atoms with Gasteiger partial charge in [0.2, 0.25) is 15.9 Å². The van der Waals surface area contributed by atoms with Crippen molar-refractivity contribution in [1.82, 2.24) is 4.72 Å². The van der Waals surface area contributed by atoms with E-state index in [1.807, 2.05) is 36.4 Å². The summed E-state index contributed by atoms with van der Waals surface area (Å²) in [4.78, 5) is 12.4. The average Bonchev–Trinajstić information content (AvgIpc) is 2.61. The largest absolute Gasteiger partial charge is 0.325 e. The maximum Gasteiger partial charge on any atom is 0.242 e. The van der Waals surface area contributed by atoms with Crippen molar-refractivity contribution in [3.8, 4) is 0 Å². The fourth-order valence-corrected chi connectivity index (χ4v) is 3.81. The lowest BCUT2D eigenvalue weighted by Gasteiger charge is -2.15. The van der Waals surface area contributed by atoms with Gasteiger partial charge >= 0.3 is 0 Å². The molecule has 0 radical (unpaired) electrons. The van der Waals surface area contributed by atoms with Crippen LogP contribution in [0.2, 0.25) is 5.02 Å². The second-order valence-electron chi connectivity index (χ2n) is 5.85. The highest BCUT2D eigenvalue weighted by atomic mass is 35.5. The SMILES string of the molecule is C[C@@H](NS(=O)(=O)c1ccc(Cl)cc1)C(=O)Nc1ccc2ccccc2c1. The number of nitrogens with one attached hydrogen (secondary N) is 2. The van der Waals surface area contributed by atoms with Crippen molar-refractivity contribution in [3.05, 3.63) is 71.8 Å². The van der Waals surface area contributed by atoms with Crippen molar-refractivity contribution in [2.24, 2.45) is 0 Å². The molecule has 0 aromatic heterocycles. The van der Waals surface area contributed by atoms with E-state index in [1.165, 1.54) is 31.2 Å². The molecular formula is C19H17ClN2O3S. The van der Waals surface area contributed by atoms with Crippen LogP contribution in [0.5, 0.6) is 0 Å². The van der Waals surface area contributed by atoms with E-state index < -0.39 is 22.0 Å². The number of rotatable bonds is 5. The summed E-state index contributed by atoms with van der Waals surface area (Å²) in [6.07, 6.45) is 0. The van der Waals surface area contributed by atoms with Gasteiger partial charge in [-0.1, -0.05) is 41.9 Å². The van der Waals surface area contributed by atoms with Gasteiger partial charge in [0.1, 0.15) is 0 Å². The van der Waals surface area contributed by atoms with E-state index >= 15 is 0 Å². The van der Waals surface area contributed by atoms with Gasteiger partial charge in [0.15, 0.2) is 0 Å². The Morgan fingerprint density at radius 1 is 0.962 bits per heavy atom. The Morgan fingerprint density at radius 2 is 1.62 bits per heavy atom.